The average molecular weight is 283 g/mol. The first-order valence-corrected chi connectivity index (χ1v) is 7.45. The van der Waals surface area contributed by atoms with Crippen molar-refractivity contribution in [2.75, 3.05) is 7.11 Å². The second kappa shape index (κ2) is 5.27. The first-order chi connectivity index (χ1) is 9.72. The third-order valence-electron chi connectivity index (χ3n) is 3.67. The van der Waals surface area contributed by atoms with E-state index in [0.29, 0.717) is 0 Å². The van der Waals surface area contributed by atoms with Gasteiger partial charge in [0, 0.05) is 0 Å². The number of fused-ring (bicyclic) bond motifs is 1. The van der Waals surface area contributed by atoms with E-state index < -0.39 is 0 Å². The quantitative estimate of drug-likeness (QED) is 0.779. The highest BCUT2D eigenvalue weighted by Gasteiger charge is 2.18. The fourth-order valence-corrected chi connectivity index (χ4v) is 3.47. The summed E-state index contributed by atoms with van der Waals surface area (Å²) in [5, 5.41) is 4.50. The maximum atomic E-state index is 6.48. The molecule has 3 rings (SSSR count). The summed E-state index contributed by atoms with van der Waals surface area (Å²) in [6.45, 7) is 2.13. The van der Waals surface area contributed by atoms with E-state index in [9.17, 15) is 0 Å². The predicted molar refractivity (Wildman–Crippen MR) is 85.6 cm³/mol. The van der Waals surface area contributed by atoms with E-state index in [2.05, 4.69) is 43.3 Å². The van der Waals surface area contributed by atoms with E-state index >= 15 is 0 Å². The highest BCUT2D eigenvalue weighted by atomic mass is 32.1. The van der Waals surface area contributed by atoms with Gasteiger partial charge in [-0.3, -0.25) is 0 Å². The molecule has 3 aromatic rings. The lowest BCUT2D eigenvalue weighted by molar-refractivity contribution is 0.411. The first kappa shape index (κ1) is 13.2. The third kappa shape index (κ3) is 2.09. The molecule has 2 aromatic carbocycles. The van der Waals surface area contributed by atoms with Crippen LogP contribution < -0.4 is 10.5 Å². The molecule has 1 heterocycles. The second-order valence-corrected chi connectivity index (χ2v) is 5.80. The highest BCUT2D eigenvalue weighted by molar-refractivity contribution is 7.10. The molecule has 0 spiro atoms. The second-order valence-electron chi connectivity index (χ2n) is 4.85. The van der Waals surface area contributed by atoms with Gasteiger partial charge in [-0.1, -0.05) is 36.4 Å². The molecule has 0 aliphatic heterocycles. The summed E-state index contributed by atoms with van der Waals surface area (Å²) >= 11 is 1.64. The Labute approximate surface area is 122 Å². The van der Waals surface area contributed by atoms with Gasteiger partial charge in [0.15, 0.2) is 0 Å². The van der Waals surface area contributed by atoms with Gasteiger partial charge >= 0.3 is 0 Å². The normalized spacial score (nSPS) is 12.6. The van der Waals surface area contributed by atoms with Crippen molar-refractivity contribution in [3.8, 4) is 5.75 Å². The Bertz CT molecular complexity index is 748. The molecule has 0 fully saturated rings. The Morgan fingerprint density at radius 3 is 2.55 bits per heavy atom. The van der Waals surface area contributed by atoms with Gasteiger partial charge in [-0.15, -0.1) is 11.3 Å². The maximum Gasteiger partial charge on any atom is 0.134 e. The van der Waals surface area contributed by atoms with Gasteiger partial charge in [-0.25, -0.2) is 0 Å². The van der Waals surface area contributed by atoms with Gasteiger partial charge in [0.1, 0.15) is 5.75 Å². The summed E-state index contributed by atoms with van der Waals surface area (Å²) in [7, 11) is 1.69. The van der Waals surface area contributed by atoms with Gasteiger partial charge < -0.3 is 10.5 Å². The molecule has 2 nitrogen and oxygen atoms in total. The molecule has 0 saturated heterocycles. The molecule has 102 valence electrons. The topological polar surface area (TPSA) is 35.2 Å². The number of thiophene rings is 1. The number of hydrogen-bond donors (Lipinski definition) is 1. The van der Waals surface area contributed by atoms with E-state index in [1.165, 1.54) is 16.3 Å². The fraction of sp³-hybridized carbons (Fsp3) is 0.176. The van der Waals surface area contributed by atoms with Gasteiger partial charge in [-0.05, 0) is 40.3 Å². The minimum atomic E-state index is -0.157. The molecule has 0 saturated carbocycles. The van der Waals surface area contributed by atoms with Crippen LogP contribution in [0.4, 0.5) is 0 Å². The minimum absolute atomic E-state index is 0.157. The largest absolute Gasteiger partial charge is 0.496 e. The average Bonchev–Trinajstić information content (AvgIpc) is 2.96. The summed E-state index contributed by atoms with van der Waals surface area (Å²) < 4.78 is 5.39. The van der Waals surface area contributed by atoms with Crippen molar-refractivity contribution in [3.63, 3.8) is 0 Å². The lowest BCUT2D eigenvalue weighted by atomic mass is 9.95. The van der Waals surface area contributed by atoms with Gasteiger partial charge in [-0.2, -0.15) is 0 Å². The molecular formula is C17H17NOS. The van der Waals surface area contributed by atoms with Crippen LogP contribution >= 0.6 is 11.3 Å². The van der Waals surface area contributed by atoms with Crippen molar-refractivity contribution in [2.45, 2.75) is 13.0 Å². The lowest BCUT2D eigenvalue weighted by Gasteiger charge is -2.16. The van der Waals surface area contributed by atoms with Crippen LogP contribution in [0.25, 0.3) is 10.8 Å². The predicted octanol–water partition coefficient (Wildman–Crippen LogP) is 4.27. The Hall–Kier alpha value is -1.84. The number of aryl methyl sites for hydroxylation is 1. The van der Waals surface area contributed by atoms with Crippen LogP contribution in [0.3, 0.4) is 0 Å². The van der Waals surface area contributed by atoms with Crippen molar-refractivity contribution in [3.05, 3.63) is 63.8 Å². The lowest BCUT2D eigenvalue weighted by Crippen LogP contribution is -2.12. The SMILES string of the molecule is COc1ccsc1C(N)c1ccc(C)c2ccccc12. The van der Waals surface area contributed by atoms with Crippen LogP contribution in [0.2, 0.25) is 0 Å². The Morgan fingerprint density at radius 1 is 1.05 bits per heavy atom. The Balaban J connectivity index is 2.17. The van der Waals surface area contributed by atoms with Gasteiger partial charge in [0.2, 0.25) is 0 Å². The van der Waals surface area contributed by atoms with Crippen molar-refractivity contribution in [2.24, 2.45) is 5.73 Å². The molecule has 20 heavy (non-hydrogen) atoms. The van der Waals surface area contributed by atoms with Crippen LogP contribution in [0.15, 0.2) is 47.8 Å². The zero-order valence-corrected chi connectivity index (χ0v) is 12.4. The van der Waals surface area contributed by atoms with Crippen LogP contribution in [0, 0.1) is 6.92 Å². The molecule has 0 aliphatic carbocycles. The minimum Gasteiger partial charge on any atom is -0.496 e. The molecular weight excluding hydrogens is 266 g/mol. The van der Waals surface area contributed by atoms with Crippen molar-refractivity contribution >= 4 is 22.1 Å². The molecule has 1 atom stereocenters. The molecule has 2 N–H and O–H groups in total. The van der Waals surface area contributed by atoms with Crippen molar-refractivity contribution in [1.29, 1.82) is 0 Å². The smallest absolute Gasteiger partial charge is 0.134 e. The zero-order chi connectivity index (χ0) is 14.1. The molecule has 0 amide bonds. The molecule has 1 unspecified atom stereocenters. The number of rotatable bonds is 3. The monoisotopic (exact) mass is 283 g/mol. The van der Waals surface area contributed by atoms with E-state index in [1.54, 1.807) is 18.4 Å². The standard InChI is InChI=1S/C17H17NOS/c1-11-7-8-14(13-6-4-3-5-12(11)13)16(18)17-15(19-2)9-10-20-17/h3-10,16H,18H2,1-2H3. The summed E-state index contributed by atoms with van der Waals surface area (Å²) in [6.07, 6.45) is 0. The van der Waals surface area contributed by atoms with E-state index in [-0.39, 0.29) is 6.04 Å². The van der Waals surface area contributed by atoms with Crippen molar-refractivity contribution < 1.29 is 4.74 Å². The third-order valence-corrected chi connectivity index (χ3v) is 4.65. The fourth-order valence-electron chi connectivity index (χ4n) is 2.59. The zero-order valence-electron chi connectivity index (χ0n) is 11.6. The van der Waals surface area contributed by atoms with Crippen LogP contribution in [0.1, 0.15) is 22.0 Å². The Morgan fingerprint density at radius 2 is 1.80 bits per heavy atom. The number of nitrogens with two attached hydrogens (primary N) is 1. The molecule has 0 bridgehead atoms. The molecule has 3 heteroatoms. The van der Waals surface area contributed by atoms with Crippen LogP contribution in [0.5, 0.6) is 5.75 Å². The van der Waals surface area contributed by atoms with Crippen LogP contribution in [-0.2, 0) is 0 Å². The summed E-state index contributed by atoms with van der Waals surface area (Å²) in [4.78, 5) is 1.07. The molecule has 0 radical (unpaired) electrons. The molecule has 0 aliphatic rings. The van der Waals surface area contributed by atoms with Crippen molar-refractivity contribution in [1.82, 2.24) is 0 Å². The molecule has 1 aromatic heterocycles. The highest BCUT2D eigenvalue weighted by Crippen LogP contribution is 2.36. The van der Waals surface area contributed by atoms with E-state index in [4.69, 9.17) is 10.5 Å². The number of hydrogen-bond acceptors (Lipinski definition) is 3. The number of benzene rings is 2. The van der Waals surface area contributed by atoms with E-state index in [1.807, 2.05) is 11.4 Å². The van der Waals surface area contributed by atoms with Gasteiger partial charge in [0.05, 0.1) is 18.0 Å². The van der Waals surface area contributed by atoms with E-state index in [0.717, 1.165) is 16.2 Å². The number of methoxy groups -OCH3 is 1. The summed E-state index contributed by atoms with van der Waals surface area (Å²) in [5.74, 6) is 0.868. The first-order valence-electron chi connectivity index (χ1n) is 6.57. The van der Waals surface area contributed by atoms with Gasteiger partial charge in [0.25, 0.3) is 0 Å². The van der Waals surface area contributed by atoms with Crippen LogP contribution in [-0.4, -0.2) is 7.11 Å². The number of ether oxygens (including phenoxy) is 1. The maximum absolute atomic E-state index is 6.48. The summed E-state index contributed by atoms with van der Waals surface area (Å²) in [6, 6.07) is 14.5. The summed E-state index contributed by atoms with van der Waals surface area (Å²) in [5.41, 5.74) is 8.90. The Kier molecular flexibility index (Phi) is 3.47.